The number of rotatable bonds is 6. The number of ether oxygens (including phenoxy) is 2. The maximum atomic E-state index is 11.7. The third-order valence-corrected chi connectivity index (χ3v) is 2.18. The second-order valence-corrected chi connectivity index (χ2v) is 3.30. The zero-order valence-corrected chi connectivity index (χ0v) is 10.1. The summed E-state index contributed by atoms with van der Waals surface area (Å²) in [7, 11) is 0. The Morgan fingerprint density at radius 2 is 1.81 bits per heavy atom. The molecule has 0 fully saturated rings. The van der Waals surface area contributed by atoms with E-state index in [4.69, 9.17) is 9.47 Å². The van der Waals surface area contributed by atoms with Crippen LogP contribution >= 0.6 is 0 Å². The number of Topliss-reactive ketones (excluding diaryl/α,β-unsaturated/α-hetero) is 1. The molecule has 0 spiro atoms. The number of hydrogen-bond acceptors (Lipinski definition) is 3. The lowest BCUT2D eigenvalue weighted by atomic mass is 10.1. The summed E-state index contributed by atoms with van der Waals surface area (Å²) in [5.41, 5.74) is 0.607. The van der Waals surface area contributed by atoms with Gasteiger partial charge in [-0.3, -0.25) is 4.79 Å². The van der Waals surface area contributed by atoms with E-state index in [9.17, 15) is 4.79 Å². The normalized spacial score (nSPS) is 9.94. The van der Waals surface area contributed by atoms with E-state index in [1.165, 1.54) is 0 Å². The highest BCUT2D eigenvalue weighted by atomic mass is 16.5. The van der Waals surface area contributed by atoms with Gasteiger partial charge in [0.15, 0.2) is 5.78 Å². The summed E-state index contributed by atoms with van der Waals surface area (Å²) < 4.78 is 10.8. The highest BCUT2D eigenvalue weighted by Gasteiger charge is 2.12. The van der Waals surface area contributed by atoms with Gasteiger partial charge in [-0.05, 0) is 32.0 Å². The molecule has 0 saturated heterocycles. The van der Waals surface area contributed by atoms with Crippen molar-refractivity contribution in [2.24, 2.45) is 0 Å². The molecule has 0 aliphatic heterocycles. The van der Waals surface area contributed by atoms with Crippen molar-refractivity contribution in [3.05, 3.63) is 23.8 Å². The molecule has 0 saturated carbocycles. The molecule has 1 rings (SSSR count). The van der Waals surface area contributed by atoms with E-state index in [2.05, 4.69) is 0 Å². The molecule has 0 bridgehead atoms. The van der Waals surface area contributed by atoms with Crippen molar-refractivity contribution in [2.45, 2.75) is 27.2 Å². The SMILES string of the molecule is CCOc1ccc(OCC)c(C(=O)CC)c1. The predicted molar refractivity (Wildman–Crippen MR) is 63.4 cm³/mol. The van der Waals surface area contributed by atoms with Gasteiger partial charge in [-0.2, -0.15) is 0 Å². The maximum Gasteiger partial charge on any atom is 0.166 e. The Morgan fingerprint density at radius 1 is 1.12 bits per heavy atom. The molecular weight excluding hydrogens is 204 g/mol. The fraction of sp³-hybridized carbons (Fsp3) is 0.462. The van der Waals surface area contributed by atoms with E-state index < -0.39 is 0 Å². The van der Waals surface area contributed by atoms with E-state index in [1.54, 1.807) is 12.1 Å². The average Bonchev–Trinajstić information content (AvgIpc) is 2.31. The molecule has 1 aromatic rings. The molecule has 3 nitrogen and oxygen atoms in total. The van der Waals surface area contributed by atoms with Gasteiger partial charge < -0.3 is 9.47 Å². The van der Waals surface area contributed by atoms with Crippen molar-refractivity contribution in [1.29, 1.82) is 0 Å². The Labute approximate surface area is 96.4 Å². The summed E-state index contributed by atoms with van der Waals surface area (Å²) in [5, 5.41) is 0. The molecule has 0 N–H and O–H groups in total. The van der Waals surface area contributed by atoms with Crippen LogP contribution < -0.4 is 9.47 Å². The van der Waals surface area contributed by atoms with Gasteiger partial charge in [0.25, 0.3) is 0 Å². The monoisotopic (exact) mass is 222 g/mol. The van der Waals surface area contributed by atoms with Crippen molar-refractivity contribution in [3.8, 4) is 11.5 Å². The third-order valence-electron chi connectivity index (χ3n) is 2.18. The average molecular weight is 222 g/mol. The number of ketones is 1. The zero-order chi connectivity index (χ0) is 12.0. The summed E-state index contributed by atoms with van der Waals surface area (Å²) in [5.74, 6) is 1.42. The fourth-order valence-electron chi connectivity index (χ4n) is 1.46. The molecule has 0 aromatic heterocycles. The Balaban J connectivity index is 3.05. The highest BCUT2D eigenvalue weighted by Crippen LogP contribution is 2.25. The minimum Gasteiger partial charge on any atom is -0.494 e. The second-order valence-electron chi connectivity index (χ2n) is 3.30. The first kappa shape index (κ1) is 12.6. The molecule has 88 valence electrons. The van der Waals surface area contributed by atoms with Gasteiger partial charge in [0.1, 0.15) is 11.5 Å². The molecule has 16 heavy (non-hydrogen) atoms. The zero-order valence-electron chi connectivity index (χ0n) is 10.1. The van der Waals surface area contributed by atoms with Gasteiger partial charge in [0.2, 0.25) is 0 Å². The first-order valence-corrected chi connectivity index (χ1v) is 5.65. The van der Waals surface area contributed by atoms with Gasteiger partial charge in [-0.1, -0.05) is 6.92 Å². The van der Waals surface area contributed by atoms with Gasteiger partial charge >= 0.3 is 0 Å². The lowest BCUT2D eigenvalue weighted by molar-refractivity contribution is 0.0984. The van der Waals surface area contributed by atoms with E-state index in [0.29, 0.717) is 36.7 Å². The van der Waals surface area contributed by atoms with Crippen molar-refractivity contribution in [1.82, 2.24) is 0 Å². The van der Waals surface area contributed by atoms with Crippen LogP contribution in [0.1, 0.15) is 37.6 Å². The molecule has 3 heteroatoms. The molecule has 0 aliphatic carbocycles. The fourth-order valence-corrected chi connectivity index (χ4v) is 1.46. The van der Waals surface area contributed by atoms with Crippen LogP contribution in [0.5, 0.6) is 11.5 Å². The van der Waals surface area contributed by atoms with Crippen molar-refractivity contribution in [3.63, 3.8) is 0 Å². The van der Waals surface area contributed by atoms with Crippen LogP contribution in [0.25, 0.3) is 0 Å². The largest absolute Gasteiger partial charge is 0.494 e. The van der Waals surface area contributed by atoms with Crippen LogP contribution in [0.2, 0.25) is 0 Å². The van der Waals surface area contributed by atoms with E-state index in [0.717, 1.165) is 0 Å². The first-order valence-electron chi connectivity index (χ1n) is 5.65. The van der Waals surface area contributed by atoms with Crippen LogP contribution in [-0.4, -0.2) is 19.0 Å². The molecular formula is C13H18O3. The molecule has 1 aromatic carbocycles. The molecule has 0 aliphatic rings. The quantitative estimate of drug-likeness (QED) is 0.694. The topological polar surface area (TPSA) is 35.5 Å². The highest BCUT2D eigenvalue weighted by molar-refractivity contribution is 5.98. The number of carbonyl (C=O) groups is 1. The van der Waals surface area contributed by atoms with Crippen LogP contribution in [0.3, 0.4) is 0 Å². The second kappa shape index (κ2) is 6.16. The Kier molecular flexibility index (Phi) is 4.83. The standard InChI is InChI=1S/C13H18O3/c1-4-12(14)11-9-10(15-5-2)7-8-13(11)16-6-3/h7-9H,4-6H2,1-3H3. The van der Waals surface area contributed by atoms with Crippen LogP contribution in [0.4, 0.5) is 0 Å². The Hall–Kier alpha value is -1.51. The number of hydrogen-bond donors (Lipinski definition) is 0. The number of benzene rings is 1. The molecule has 0 amide bonds. The van der Waals surface area contributed by atoms with Gasteiger partial charge in [0, 0.05) is 6.42 Å². The summed E-state index contributed by atoms with van der Waals surface area (Å²) in [6.45, 7) is 6.80. The van der Waals surface area contributed by atoms with Crippen molar-refractivity contribution < 1.29 is 14.3 Å². The molecule has 0 radical (unpaired) electrons. The summed E-state index contributed by atoms with van der Waals surface area (Å²) in [6.07, 6.45) is 0.468. The summed E-state index contributed by atoms with van der Waals surface area (Å²) >= 11 is 0. The van der Waals surface area contributed by atoms with E-state index in [1.807, 2.05) is 26.8 Å². The maximum absolute atomic E-state index is 11.7. The lowest BCUT2D eigenvalue weighted by Crippen LogP contribution is -2.04. The van der Waals surface area contributed by atoms with Crippen LogP contribution in [-0.2, 0) is 0 Å². The van der Waals surface area contributed by atoms with Crippen LogP contribution in [0, 0.1) is 0 Å². The summed E-state index contributed by atoms with van der Waals surface area (Å²) in [4.78, 5) is 11.7. The van der Waals surface area contributed by atoms with Gasteiger partial charge in [0.05, 0.1) is 18.8 Å². The van der Waals surface area contributed by atoms with Crippen molar-refractivity contribution >= 4 is 5.78 Å². The van der Waals surface area contributed by atoms with Crippen molar-refractivity contribution in [2.75, 3.05) is 13.2 Å². The lowest BCUT2D eigenvalue weighted by Gasteiger charge is -2.11. The van der Waals surface area contributed by atoms with Gasteiger partial charge in [-0.15, -0.1) is 0 Å². The Bertz CT molecular complexity index is 358. The molecule has 0 atom stereocenters. The minimum atomic E-state index is 0.0741. The van der Waals surface area contributed by atoms with E-state index >= 15 is 0 Å². The number of carbonyl (C=O) groups excluding carboxylic acids is 1. The smallest absolute Gasteiger partial charge is 0.166 e. The third kappa shape index (κ3) is 2.99. The Morgan fingerprint density at radius 3 is 2.38 bits per heavy atom. The van der Waals surface area contributed by atoms with E-state index in [-0.39, 0.29) is 5.78 Å². The minimum absolute atomic E-state index is 0.0741. The summed E-state index contributed by atoms with van der Waals surface area (Å²) in [6, 6.07) is 5.36. The molecule has 0 unspecified atom stereocenters. The first-order chi connectivity index (χ1) is 7.72. The van der Waals surface area contributed by atoms with Crippen LogP contribution in [0.15, 0.2) is 18.2 Å². The van der Waals surface area contributed by atoms with Gasteiger partial charge in [-0.25, -0.2) is 0 Å². The molecule has 0 heterocycles. The predicted octanol–water partition coefficient (Wildman–Crippen LogP) is 3.08.